The SMILES string of the molecule is CCC(Oc1ccccc1)C(=O)NNC(=O)COc1ccccc1. The van der Waals surface area contributed by atoms with E-state index in [9.17, 15) is 9.59 Å². The second kappa shape index (κ2) is 9.19. The van der Waals surface area contributed by atoms with Gasteiger partial charge in [-0.05, 0) is 30.7 Å². The molecule has 2 amide bonds. The summed E-state index contributed by atoms with van der Waals surface area (Å²) in [6, 6.07) is 18.0. The van der Waals surface area contributed by atoms with Gasteiger partial charge in [-0.15, -0.1) is 0 Å². The molecule has 2 rings (SSSR count). The highest BCUT2D eigenvalue weighted by molar-refractivity contribution is 5.85. The van der Waals surface area contributed by atoms with Crippen LogP contribution >= 0.6 is 0 Å². The highest BCUT2D eigenvalue weighted by Crippen LogP contribution is 2.12. The van der Waals surface area contributed by atoms with E-state index in [1.165, 1.54) is 0 Å². The quantitative estimate of drug-likeness (QED) is 0.763. The van der Waals surface area contributed by atoms with Gasteiger partial charge >= 0.3 is 0 Å². The van der Waals surface area contributed by atoms with Crippen LogP contribution < -0.4 is 20.3 Å². The van der Waals surface area contributed by atoms with Gasteiger partial charge < -0.3 is 9.47 Å². The Morgan fingerprint density at radius 1 is 0.917 bits per heavy atom. The zero-order valence-electron chi connectivity index (χ0n) is 13.4. The lowest BCUT2D eigenvalue weighted by Crippen LogP contribution is -2.49. The number of carbonyl (C=O) groups is 2. The van der Waals surface area contributed by atoms with Crippen LogP contribution in [0, 0.1) is 0 Å². The number of ether oxygens (including phenoxy) is 2. The number of rotatable bonds is 7. The van der Waals surface area contributed by atoms with E-state index in [-0.39, 0.29) is 6.61 Å². The van der Waals surface area contributed by atoms with Crippen LogP contribution in [0.1, 0.15) is 13.3 Å². The second-order valence-electron chi connectivity index (χ2n) is 4.97. The van der Waals surface area contributed by atoms with E-state index in [1.807, 2.05) is 43.3 Å². The molecule has 0 spiro atoms. The summed E-state index contributed by atoms with van der Waals surface area (Å²) < 4.78 is 10.9. The number of hydrogen-bond acceptors (Lipinski definition) is 4. The van der Waals surface area contributed by atoms with Crippen molar-refractivity contribution in [1.29, 1.82) is 0 Å². The van der Waals surface area contributed by atoms with Crippen LogP contribution in [0.3, 0.4) is 0 Å². The number of para-hydroxylation sites is 2. The van der Waals surface area contributed by atoms with Gasteiger partial charge in [-0.3, -0.25) is 20.4 Å². The van der Waals surface area contributed by atoms with Gasteiger partial charge in [0.15, 0.2) is 12.7 Å². The lowest BCUT2D eigenvalue weighted by Gasteiger charge is -2.17. The van der Waals surface area contributed by atoms with Crippen molar-refractivity contribution < 1.29 is 19.1 Å². The van der Waals surface area contributed by atoms with E-state index in [0.717, 1.165) is 0 Å². The van der Waals surface area contributed by atoms with Crippen LogP contribution in [0.15, 0.2) is 60.7 Å². The summed E-state index contributed by atoms with van der Waals surface area (Å²) in [5, 5.41) is 0. The average molecular weight is 328 g/mol. The van der Waals surface area contributed by atoms with Gasteiger partial charge in [0.25, 0.3) is 11.8 Å². The summed E-state index contributed by atoms with van der Waals surface area (Å²) in [7, 11) is 0. The summed E-state index contributed by atoms with van der Waals surface area (Å²) in [6.45, 7) is 1.63. The molecular formula is C18H20N2O4. The number of hydrazine groups is 1. The molecule has 6 heteroatoms. The molecule has 6 nitrogen and oxygen atoms in total. The predicted octanol–water partition coefficient (Wildman–Crippen LogP) is 2.07. The Labute approximate surface area is 140 Å². The van der Waals surface area contributed by atoms with Gasteiger partial charge in [0, 0.05) is 0 Å². The van der Waals surface area contributed by atoms with Gasteiger partial charge in [-0.1, -0.05) is 43.3 Å². The molecule has 126 valence electrons. The lowest BCUT2D eigenvalue weighted by atomic mass is 10.2. The standard InChI is InChI=1S/C18H20N2O4/c1-2-16(24-15-11-7-4-8-12-15)18(22)20-19-17(21)13-23-14-9-5-3-6-10-14/h3-12,16H,2,13H2,1H3,(H,19,21)(H,20,22). The average Bonchev–Trinajstić information content (AvgIpc) is 2.64. The maximum Gasteiger partial charge on any atom is 0.279 e. The van der Waals surface area contributed by atoms with Crippen molar-refractivity contribution in [3.05, 3.63) is 60.7 Å². The smallest absolute Gasteiger partial charge is 0.279 e. The third kappa shape index (κ3) is 5.64. The first-order chi connectivity index (χ1) is 11.7. The highest BCUT2D eigenvalue weighted by atomic mass is 16.5. The molecule has 0 radical (unpaired) electrons. The molecule has 0 saturated carbocycles. The molecule has 0 fully saturated rings. The van der Waals surface area contributed by atoms with Crippen LogP contribution in [0.5, 0.6) is 11.5 Å². The minimum Gasteiger partial charge on any atom is -0.484 e. The van der Waals surface area contributed by atoms with Gasteiger partial charge in [0.2, 0.25) is 0 Å². The Kier molecular flexibility index (Phi) is 6.64. The Morgan fingerprint density at radius 2 is 1.50 bits per heavy atom. The van der Waals surface area contributed by atoms with Crippen molar-refractivity contribution in [2.45, 2.75) is 19.4 Å². The highest BCUT2D eigenvalue weighted by Gasteiger charge is 2.18. The second-order valence-corrected chi connectivity index (χ2v) is 4.97. The van der Waals surface area contributed by atoms with E-state index in [0.29, 0.717) is 17.9 Å². The topological polar surface area (TPSA) is 76.7 Å². The summed E-state index contributed by atoms with van der Waals surface area (Å²) in [4.78, 5) is 23.8. The predicted molar refractivity (Wildman–Crippen MR) is 89.4 cm³/mol. The van der Waals surface area contributed by atoms with Crippen molar-refractivity contribution in [1.82, 2.24) is 10.9 Å². The number of benzene rings is 2. The molecule has 24 heavy (non-hydrogen) atoms. The Hall–Kier alpha value is -3.02. The first-order valence-corrected chi connectivity index (χ1v) is 7.67. The van der Waals surface area contributed by atoms with E-state index < -0.39 is 17.9 Å². The minimum atomic E-state index is -0.692. The molecule has 0 bridgehead atoms. The molecular weight excluding hydrogens is 308 g/mol. The molecule has 1 unspecified atom stereocenters. The number of nitrogens with one attached hydrogen (secondary N) is 2. The van der Waals surface area contributed by atoms with Gasteiger partial charge in [0.1, 0.15) is 11.5 Å². The molecule has 0 heterocycles. The fourth-order valence-corrected chi connectivity index (χ4v) is 1.90. The van der Waals surface area contributed by atoms with Crippen molar-refractivity contribution >= 4 is 11.8 Å². The minimum absolute atomic E-state index is 0.194. The number of amides is 2. The first-order valence-electron chi connectivity index (χ1n) is 7.67. The monoisotopic (exact) mass is 328 g/mol. The summed E-state index contributed by atoms with van der Waals surface area (Å²) >= 11 is 0. The largest absolute Gasteiger partial charge is 0.484 e. The summed E-state index contributed by atoms with van der Waals surface area (Å²) in [5.41, 5.74) is 4.66. The molecule has 2 aromatic carbocycles. The van der Waals surface area contributed by atoms with Gasteiger partial charge in [-0.2, -0.15) is 0 Å². The third-order valence-electron chi connectivity index (χ3n) is 3.12. The van der Waals surface area contributed by atoms with E-state index in [4.69, 9.17) is 9.47 Å². The number of carbonyl (C=O) groups excluding carboxylic acids is 2. The van der Waals surface area contributed by atoms with E-state index in [1.54, 1.807) is 24.3 Å². The number of hydrogen-bond donors (Lipinski definition) is 2. The first kappa shape index (κ1) is 17.3. The molecule has 0 aromatic heterocycles. The Balaban J connectivity index is 1.75. The van der Waals surface area contributed by atoms with Crippen molar-refractivity contribution in [2.75, 3.05) is 6.61 Å². The van der Waals surface area contributed by atoms with Crippen molar-refractivity contribution in [3.63, 3.8) is 0 Å². The Morgan fingerprint density at radius 3 is 2.08 bits per heavy atom. The van der Waals surface area contributed by atoms with Crippen molar-refractivity contribution in [3.8, 4) is 11.5 Å². The lowest BCUT2D eigenvalue weighted by molar-refractivity contribution is -0.134. The molecule has 0 saturated heterocycles. The fourth-order valence-electron chi connectivity index (χ4n) is 1.90. The molecule has 0 aliphatic carbocycles. The molecule has 2 aromatic rings. The van der Waals surface area contributed by atoms with Crippen LogP contribution in [0.25, 0.3) is 0 Å². The zero-order chi connectivity index (χ0) is 17.2. The van der Waals surface area contributed by atoms with Gasteiger partial charge in [-0.25, -0.2) is 0 Å². The molecule has 0 aliphatic heterocycles. The summed E-state index contributed by atoms with van der Waals surface area (Å²) in [5.74, 6) is 0.298. The normalized spacial score (nSPS) is 11.2. The zero-order valence-corrected chi connectivity index (χ0v) is 13.4. The maximum absolute atomic E-state index is 12.1. The maximum atomic E-state index is 12.1. The van der Waals surface area contributed by atoms with E-state index >= 15 is 0 Å². The third-order valence-corrected chi connectivity index (χ3v) is 3.12. The van der Waals surface area contributed by atoms with Crippen LogP contribution in [0.2, 0.25) is 0 Å². The van der Waals surface area contributed by atoms with Crippen LogP contribution in [-0.2, 0) is 9.59 Å². The van der Waals surface area contributed by atoms with Crippen molar-refractivity contribution in [2.24, 2.45) is 0 Å². The molecule has 1 atom stereocenters. The summed E-state index contributed by atoms with van der Waals surface area (Å²) in [6.07, 6.45) is -0.223. The molecule has 2 N–H and O–H groups in total. The van der Waals surface area contributed by atoms with Crippen LogP contribution in [-0.4, -0.2) is 24.5 Å². The van der Waals surface area contributed by atoms with Crippen LogP contribution in [0.4, 0.5) is 0 Å². The Bertz CT molecular complexity index is 647. The molecule has 0 aliphatic rings. The van der Waals surface area contributed by atoms with Gasteiger partial charge in [0.05, 0.1) is 0 Å². The van der Waals surface area contributed by atoms with E-state index in [2.05, 4.69) is 10.9 Å². The fraction of sp³-hybridized carbons (Fsp3) is 0.222.